The van der Waals surface area contributed by atoms with E-state index in [1.807, 2.05) is 6.20 Å². The van der Waals surface area contributed by atoms with Crippen LogP contribution < -0.4 is 16.0 Å². The summed E-state index contributed by atoms with van der Waals surface area (Å²) in [5.41, 5.74) is 1.28. The molecule has 2 amide bonds. The zero-order chi connectivity index (χ0) is 12.8. The molecule has 1 saturated carbocycles. The summed E-state index contributed by atoms with van der Waals surface area (Å²) in [4.78, 5) is 13.9. The second-order valence-corrected chi connectivity index (χ2v) is 5.15. The zero-order valence-electron chi connectivity index (χ0n) is 11.2. The molecule has 18 heavy (non-hydrogen) atoms. The van der Waals surface area contributed by atoms with Gasteiger partial charge in [0.05, 0.1) is 0 Å². The fraction of sp³-hybridized carbons (Fsp3) is 0.769. The maximum absolute atomic E-state index is 11.5. The topological polar surface area (TPSA) is 56.4 Å². The van der Waals surface area contributed by atoms with Crippen LogP contribution in [0.1, 0.15) is 19.8 Å². The Morgan fingerprint density at radius 3 is 2.78 bits per heavy atom. The molecular weight excluding hydrogens is 228 g/mol. The highest BCUT2D eigenvalue weighted by molar-refractivity contribution is 5.74. The smallest absolute Gasteiger partial charge is 0.318 e. The molecule has 1 aliphatic carbocycles. The van der Waals surface area contributed by atoms with Crippen molar-refractivity contribution in [1.82, 2.24) is 20.9 Å². The third kappa shape index (κ3) is 4.66. The van der Waals surface area contributed by atoms with Gasteiger partial charge in [-0.2, -0.15) is 0 Å². The lowest BCUT2D eigenvalue weighted by molar-refractivity contribution is 0.229. The Balaban J connectivity index is 1.55. The molecule has 1 heterocycles. The van der Waals surface area contributed by atoms with Crippen LogP contribution in [0.2, 0.25) is 0 Å². The largest absolute Gasteiger partial charge is 0.337 e. The van der Waals surface area contributed by atoms with Gasteiger partial charge in [-0.15, -0.1) is 0 Å². The summed E-state index contributed by atoms with van der Waals surface area (Å²) < 4.78 is 0. The first-order valence-corrected chi connectivity index (χ1v) is 6.90. The van der Waals surface area contributed by atoms with Gasteiger partial charge in [-0.1, -0.05) is 5.57 Å². The molecule has 0 aromatic heterocycles. The molecule has 0 aromatic carbocycles. The van der Waals surface area contributed by atoms with Crippen molar-refractivity contribution >= 4 is 6.03 Å². The molecule has 2 rings (SSSR count). The van der Waals surface area contributed by atoms with Crippen molar-refractivity contribution in [3.8, 4) is 0 Å². The van der Waals surface area contributed by atoms with Crippen molar-refractivity contribution in [3.05, 3.63) is 11.8 Å². The van der Waals surface area contributed by atoms with Crippen LogP contribution in [0.5, 0.6) is 0 Å². The highest BCUT2D eigenvalue weighted by Gasteiger charge is 2.22. The molecule has 2 fully saturated rings. The van der Waals surface area contributed by atoms with Gasteiger partial charge in [0.1, 0.15) is 0 Å². The van der Waals surface area contributed by atoms with Gasteiger partial charge in [0.25, 0.3) is 0 Å². The fourth-order valence-electron chi connectivity index (χ4n) is 2.15. The second kappa shape index (κ2) is 6.75. The van der Waals surface area contributed by atoms with Crippen LogP contribution in [-0.4, -0.2) is 50.2 Å². The molecule has 1 saturated heterocycles. The summed E-state index contributed by atoms with van der Waals surface area (Å²) in [5.74, 6) is 0.714. The van der Waals surface area contributed by atoms with E-state index in [0.29, 0.717) is 12.5 Å². The lowest BCUT2D eigenvalue weighted by atomic mass is 10.2. The van der Waals surface area contributed by atoms with Gasteiger partial charge in [-0.25, -0.2) is 4.79 Å². The average molecular weight is 252 g/mol. The number of nitrogens with one attached hydrogen (secondary N) is 3. The molecular formula is C13H24N4O. The molecule has 2 aliphatic rings. The summed E-state index contributed by atoms with van der Waals surface area (Å²) in [6, 6.07) is -0.0925. The number of allylic oxidation sites excluding steroid dienone is 1. The number of rotatable bonds is 5. The van der Waals surface area contributed by atoms with Gasteiger partial charge in [0.15, 0.2) is 0 Å². The second-order valence-electron chi connectivity index (χ2n) is 5.15. The molecule has 0 atom stereocenters. The fourth-order valence-corrected chi connectivity index (χ4v) is 2.15. The first-order chi connectivity index (χ1) is 8.75. The van der Waals surface area contributed by atoms with Gasteiger partial charge in [0, 0.05) is 45.5 Å². The molecule has 0 aromatic rings. The van der Waals surface area contributed by atoms with E-state index >= 15 is 0 Å². The number of hydrogen-bond acceptors (Lipinski definition) is 3. The summed E-state index contributed by atoms with van der Waals surface area (Å²) in [6.45, 7) is 7.97. The SMILES string of the molecule is C/C(=C\NC(=O)NCCN1CCNCC1)C1CC1. The molecule has 0 unspecified atom stereocenters. The molecule has 0 radical (unpaired) electrons. The van der Waals surface area contributed by atoms with Crippen LogP contribution in [0.4, 0.5) is 4.79 Å². The number of carbonyl (C=O) groups is 1. The Kier molecular flexibility index (Phi) is 5.01. The lowest BCUT2D eigenvalue weighted by Gasteiger charge is -2.27. The van der Waals surface area contributed by atoms with Crippen molar-refractivity contribution in [2.24, 2.45) is 5.92 Å². The summed E-state index contributed by atoms with van der Waals surface area (Å²) >= 11 is 0. The number of carbonyl (C=O) groups excluding carboxylic acids is 1. The highest BCUT2D eigenvalue weighted by Crippen LogP contribution is 2.35. The maximum atomic E-state index is 11.5. The van der Waals surface area contributed by atoms with E-state index < -0.39 is 0 Å². The highest BCUT2D eigenvalue weighted by atomic mass is 16.2. The monoisotopic (exact) mass is 252 g/mol. The molecule has 5 nitrogen and oxygen atoms in total. The van der Waals surface area contributed by atoms with Crippen molar-refractivity contribution in [3.63, 3.8) is 0 Å². The molecule has 0 bridgehead atoms. The molecule has 3 N–H and O–H groups in total. The van der Waals surface area contributed by atoms with Crippen molar-refractivity contribution in [2.75, 3.05) is 39.3 Å². The Morgan fingerprint density at radius 2 is 2.11 bits per heavy atom. The number of nitrogens with zero attached hydrogens (tertiary/aromatic N) is 1. The van der Waals surface area contributed by atoms with Crippen LogP contribution in [0, 0.1) is 5.92 Å². The van der Waals surface area contributed by atoms with Crippen molar-refractivity contribution in [1.29, 1.82) is 0 Å². The minimum Gasteiger partial charge on any atom is -0.337 e. The van der Waals surface area contributed by atoms with Gasteiger partial charge in [0.2, 0.25) is 0 Å². The average Bonchev–Trinajstić information content (AvgIpc) is 3.21. The summed E-state index contributed by atoms with van der Waals surface area (Å²) in [7, 11) is 0. The Morgan fingerprint density at radius 1 is 1.39 bits per heavy atom. The number of amides is 2. The van der Waals surface area contributed by atoms with E-state index in [2.05, 4.69) is 27.8 Å². The van der Waals surface area contributed by atoms with Gasteiger partial charge in [-0.3, -0.25) is 4.90 Å². The Hall–Kier alpha value is -1.07. The van der Waals surface area contributed by atoms with Crippen LogP contribution >= 0.6 is 0 Å². The van der Waals surface area contributed by atoms with Gasteiger partial charge in [-0.05, 0) is 25.7 Å². The minimum absolute atomic E-state index is 0.0925. The third-order valence-corrected chi connectivity index (χ3v) is 3.58. The predicted molar refractivity (Wildman–Crippen MR) is 72.3 cm³/mol. The van der Waals surface area contributed by atoms with Crippen LogP contribution in [-0.2, 0) is 0 Å². The Bertz CT molecular complexity index is 306. The predicted octanol–water partition coefficient (Wildman–Crippen LogP) is 0.505. The molecule has 1 aliphatic heterocycles. The maximum Gasteiger partial charge on any atom is 0.318 e. The first-order valence-electron chi connectivity index (χ1n) is 6.90. The van der Waals surface area contributed by atoms with Gasteiger partial charge >= 0.3 is 6.03 Å². The molecule has 5 heteroatoms. The molecule has 102 valence electrons. The third-order valence-electron chi connectivity index (χ3n) is 3.58. The van der Waals surface area contributed by atoms with E-state index in [1.54, 1.807) is 0 Å². The van der Waals surface area contributed by atoms with Crippen molar-refractivity contribution in [2.45, 2.75) is 19.8 Å². The summed E-state index contributed by atoms with van der Waals surface area (Å²) in [6.07, 6.45) is 4.39. The number of urea groups is 1. The first kappa shape index (κ1) is 13.4. The minimum atomic E-state index is -0.0925. The molecule has 0 spiro atoms. The number of piperazine rings is 1. The van der Waals surface area contributed by atoms with Crippen LogP contribution in [0.15, 0.2) is 11.8 Å². The van der Waals surface area contributed by atoms with Crippen LogP contribution in [0.3, 0.4) is 0 Å². The van der Waals surface area contributed by atoms with E-state index in [-0.39, 0.29) is 6.03 Å². The van der Waals surface area contributed by atoms with E-state index in [1.165, 1.54) is 18.4 Å². The summed E-state index contributed by atoms with van der Waals surface area (Å²) in [5, 5.41) is 9.00. The number of hydrogen-bond donors (Lipinski definition) is 3. The quantitative estimate of drug-likeness (QED) is 0.668. The van der Waals surface area contributed by atoms with Crippen molar-refractivity contribution < 1.29 is 4.79 Å². The zero-order valence-corrected chi connectivity index (χ0v) is 11.2. The lowest BCUT2D eigenvalue weighted by Crippen LogP contribution is -2.46. The van der Waals surface area contributed by atoms with Gasteiger partial charge < -0.3 is 16.0 Å². The Labute approximate surface area is 109 Å². The van der Waals surface area contributed by atoms with E-state index in [4.69, 9.17) is 0 Å². The normalized spacial score (nSPS) is 21.7. The van der Waals surface area contributed by atoms with Crippen LogP contribution in [0.25, 0.3) is 0 Å². The van der Waals surface area contributed by atoms with E-state index in [9.17, 15) is 4.79 Å². The van der Waals surface area contributed by atoms with E-state index in [0.717, 1.165) is 32.7 Å². The standard InChI is InChI=1S/C13H24N4O/c1-11(12-2-3-12)10-16-13(18)15-6-9-17-7-4-14-5-8-17/h10,12,14H,2-9H2,1H3,(H2,15,16,18)/b11-10+.